The molecule has 108 valence electrons. The van der Waals surface area contributed by atoms with Gasteiger partial charge in [-0.2, -0.15) is 0 Å². The Morgan fingerprint density at radius 1 is 1.30 bits per heavy atom. The normalized spacial score (nSPS) is 13.1. The maximum Gasteiger partial charge on any atom is 0.178 e. The number of hydrogen-bond donors (Lipinski definition) is 1. The molecule has 1 atom stereocenters. The molecular weight excluding hydrogens is 292 g/mol. The molecule has 0 aliphatic heterocycles. The van der Waals surface area contributed by atoms with Gasteiger partial charge in [-0.05, 0) is 24.3 Å². The molecule has 2 rings (SSSR count). The molecule has 1 unspecified atom stereocenters. The summed E-state index contributed by atoms with van der Waals surface area (Å²) in [7, 11) is -3.12. The third-order valence-electron chi connectivity index (χ3n) is 3.08. The lowest BCUT2D eigenvalue weighted by Gasteiger charge is -2.11. The van der Waals surface area contributed by atoms with Gasteiger partial charge in [0.25, 0.3) is 0 Å². The molecule has 0 bridgehead atoms. The molecule has 1 N–H and O–H groups in total. The fourth-order valence-corrected chi connectivity index (χ4v) is 3.37. The van der Waals surface area contributed by atoms with Crippen molar-refractivity contribution in [1.29, 1.82) is 0 Å². The van der Waals surface area contributed by atoms with Crippen molar-refractivity contribution >= 4 is 26.9 Å². The Morgan fingerprint density at radius 3 is 2.55 bits per heavy atom. The van der Waals surface area contributed by atoms with Crippen LogP contribution in [0, 0.1) is 0 Å². The Bertz CT molecular complexity index is 634. The second-order valence-corrected chi connectivity index (χ2v) is 7.78. The van der Waals surface area contributed by atoms with Crippen LogP contribution in [0.5, 0.6) is 0 Å². The zero-order valence-corrected chi connectivity index (χ0v) is 13.2. The lowest BCUT2D eigenvalue weighted by Crippen LogP contribution is -2.10. The maximum absolute atomic E-state index is 11.7. The molecule has 1 aromatic heterocycles. The van der Waals surface area contributed by atoms with Gasteiger partial charge in [-0.25, -0.2) is 13.4 Å². The molecule has 4 nitrogen and oxygen atoms in total. The van der Waals surface area contributed by atoms with E-state index in [9.17, 15) is 8.42 Å². The minimum absolute atomic E-state index is 0.126. The molecule has 0 amide bonds. The Kier molecular flexibility index (Phi) is 4.77. The van der Waals surface area contributed by atoms with Crippen LogP contribution in [-0.4, -0.2) is 25.7 Å². The van der Waals surface area contributed by atoms with E-state index < -0.39 is 9.84 Å². The van der Waals surface area contributed by atoms with Gasteiger partial charge in [0.1, 0.15) is 0 Å². The number of nitrogens with one attached hydrogen (secondary N) is 1. The summed E-state index contributed by atoms with van der Waals surface area (Å²) in [5.41, 5.74) is 0.920. The number of anilines is 1. The first-order valence-corrected chi connectivity index (χ1v) is 9.02. The van der Waals surface area contributed by atoms with E-state index >= 15 is 0 Å². The average molecular weight is 310 g/mol. The third-order valence-corrected chi connectivity index (χ3v) is 5.84. The fraction of sp³-hybridized carbons (Fsp3) is 0.357. The number of aromatic nitrogens is 1. The van der Waals surface area contributed by atoms with E-state index in [1.54, 1.807) is 48.7 Å². The summed E-state index contributed by atoms with van der Waals surface area (Å²) in [6, 6.07) is 6.90. The third kappa shape index (κ3) is 3.58. The summed E-state index contributed by atoms with van der Waals surface area (Å²) in [4.78, 5) is 4.66. The molecular formula is C14H18N2O2S2. The highest BCUT2D eigenvalue weighted by atomic mass is 32.2. The monoisotopic (exact) mass is 310 g/mol. The van der Waals surface area contributed by atoms with Crippen molar-refractivity contribution in [1.82, 2.24) is 4.98 Å². The van der Waals surface area contributed by atoms with Gasteiger partial charge < -0.3 is 5.32 Å². The van der Waals surface area contributed by atoms with Crippen LogP contribution in [0.1, 0.15) is 24.8 Å². The molecule has 0 aliphatic carbocycles. The number of benzene rings is 1. The van der Waals surface area contributed by atoms with Gasteiger partial charge in [0.05, 0.1) is 15.7 Å². The van der Waals surface area contributed by atoms with Crippen LogP contribution in [0.2, 0.25) is 0 Å². The molecule has 0 aliphatic rings. The van der Waals surface area contributed by atoms with Crippen molar-refractivity contribution in [3.63, 3.8) is 0 Å². The first-order valence-electron chi connectivity index (χ1n) is 6.49. The number of hydrogen-bond acceptors (Lipinski definition) is 5. The molecule has 0 saturated heterocycles. The molecule has 0 fully saturated rings. The van der Waals surface area contributed by atoms with E-state index in [-0.39, 0.29) is 5.75 Å². The van der Waals surface area contributed by atoms with E-state index in [2.05, 4.69) is 17.2 Å². The van der Waals surface area contributed by atoms with Gasteiger partial charge in [-0.15, -0.1) is 11.3 Å². The zero-order valence-electron chi connectivity index (χ0n) is 11.5. The number of rotatable bonds is 6. The lowest BCUT2D eigenvalue weighted by atomic mass is 10.2. The van der Waals surface area contributed by atoms with Gasteiger partial charge >= 0.3 is 0 Å². The zero-order chi connectivity index (χ0) is 14.6. The van der Waals surface area contributed by atoms with Crippen LogP contribution in [-0.2, 0) is 9.84 Å². The maximum atomic E-state index is 11.7. The van der Waals surface area contributed by atoms with E-state index in [0.29, 0.717) is 10.8 Å². The second kappa shape index (κ2) is 6.37. The van der Waals surface area contributed by atoms with E-state index in [1.165, 1.54) is 0 Å². The SMILES string of the molecule is CCS(=O)(=O)c1ccc(NCC(C)c2nccs2)cc1. The Labute approximate surface area is 123 Å². The van der Waals surface area contributed by atoms with Gasteiger partial charge in [0.2, 0.25) is 0 Å². The summed E-state index contributed by atoms with van der Waals surface area (Å²) < 4.78 is 23.4. The molecule has 0 radical (unpaired) electrons. The molecule has 0 saturated carbocycles. The lowest BCUT2D eigenvalue weighted by molar-refractivity contribution is 0.597. The van der Waals surface area contributed by atoms with Crippen molar-refractivity contribution in [2.45, 2.75) is 24.7 Å². The number of thiazole rings is 1. The van der Waals surface area contributed by atoms with Crippen molar-refractivity contribution in [3.05, 3.63) is 40.8 Å². The van der Waals surface area contributed by atoms with Crippen molar-refractivity contribution in [3.8, 4) is 0 Å². The van der Waals surface area contributed by atoms with E-state index in [1.807, 2.05) is 5.38 Å². The summed E-state index contributed by atoms with van der Waals surface area (Å²) in [5.74, 6) is 0.454. The summed E-state index contributed by atoms with van der Waals surface area (Å²) in [6.07, 6.45) is 1.81. The number of nitrogens with zero attached hydrogens (tertiary/aromatic N) is 1. The quantitative estimate of drug-likeness (QED) is 0.890. The predicted molar refractivity (Wildman–Crippen MR) is 83.2 cm³/mol. The molecule has 1 aromatic carbocycles. The smallest absolute Gasteiger partial charge is 0.178 e. The van der Waals surface area contributed by atoms with Gasteiger partial charge in [-0.3, -0.25) is 0 Å². The predicted octanol–water partition coefficient (Wildman–Crippen LogP) is 3.15. The van der Waals surface area contributed by atoms with Crippen molar-refractivity contribution in [2.24, 2.45) is 0 Å². The van der Waals surface area contributed by atoms with Crippen molar-refractivity contribution < 1.29 is 8.42 Å². The minimum Gasteiger partial charge on any atom is -0.384 e. The summed E-state index contributed by atoms with van der Waals surface area (Å²) in [5, 5.41) is 6.37. The van der Waals surface area contributed by atoms with Gasteiger partial charge in [0, 0.05) is 29.7 Å². The van der Waals surface area contributed by atoms with Crippen molar-refractivity contribution in [2.75, 3.05) is 17.6 Å². The van der Waals surface area contributed by atoms with Crippen LogP contribution < -0.4 is 5.32 Å². The van der Waals surface area contributed by atoms with Crippen LogP contribution in [0.3, 0.4) is 0 Å². The summed E-state index contributed by atoms with van der Waals surface area (Å²) >= 11 is 1.64. The standard InChI is InChI=1S/C14H18N2O2S2/c1-3-20(17,18)13-6-4-12(5-7-13)16-10-11(2)14-15-8-9-19-14/h4-9,11,16H,3,10H2,1-2H3. The van der Waals surface area contributed by atoms with Gasteiger partial charge in [0.15, 0.2) is 9.84 Å². The first-order chi connectivity index (χ1) is 9.53. The molecule has 20 heavy (non-hydrogen) atoms. The highest BCUT2D eigenvalue weighted by Crippen LogP contribution is 2.20. The van der Waals surface area contributed by atoms with Crippen LogP contribution in [0.25, 0.3) is 0 Å². The summed E-state index contributed by atoms with van der Waals surface area (Å²) in [6.45, 7) is 4.53. The Morgan fingerprint density at radius 2 is 2.00 bits per heavy atom. The largest absolute Gasteiger partial charge is 0.384 e. The average Bonchev–Trinajstić information content (AvgIpc) is 2.99. The van der Waals surface area contributed by atoms with Gasteiger partial charge in [-0.1, -0.05) is 13.8 Å². The highest BCUT2D eigenvalue weighted by molar-refractivity contribution is 7.91. The number of sulfone groups is 1. The topological polar surface area (TPSA) is 59.1 Å². The second-order valence-electron chi connectivity index (χ2n) is 4.58. The first kappa shape index (κ1) is 15.0. The van der Waals surface area contributed by atoms with E-state index in [0.717, 1.165) is 17.2 Å². The van der Waals surface area contributed by atoms with Crippen LogP contribution in [0.15, 0.2) is 40.7 Å². The highest BCUT2D eigenvalue weighted by Gasteiger charge is 2.11. The van der Waals surface area contributed by atoms with E-state index in [4.69, 9.17) is 0 Å². The van der Waals surface area contributed by atoms with Crippen LogP contribution >= 0.6 is 11.3 Å². The molecule has 2 aromatic rings. The molecule has 6 heteroatoms. The Hall–Kier alpha value is -1.40. The molecule has 1 heterocycles. The Balaban J connectivity index is 1.98. The van der Waals surface area contributed by atoms with Crippen LogP contribution in [0.4, 0.5) is 5.69 Å². The molecule has 0 spiro atoms. The fourth-order valence-electron chi connectivity index (χ4n) is 1.78. The minimum atomic E-state index is -3.12.